The number of ether oxygens (including phenoxy) is 1. The van der Waals surface area contributed by atoms with Crippen molar-refractivity contribution in [2.45, 2.75) is 103 Å². The molecule has 46 heavy (non-hydrogen) atoms. The number of fused-ring (bicyclic) bond motifs is 1. The number of aryl methyl sites for hydroxylation is 1. The third-order valence-electron chi connectivity index (χ3n) is 9.96. The second-order valence-electron chi connectivity index (χ2n) is 14.3. The largest absolute Gasteiger partial charge is 0.851 e. The van der Waals surface area contributed by atoms with Gasteiger partial charge < -0.3 is 19.5 Å². The molecule has 1 saturated carbocycles. The molecule has 0 spiro atoms. The lowest BCUT2D eigenvalue weighted by Gasteiger charge is -2.59. The zero-order chi connectivity index (χ0) is 32.4. The van der Waals surface area contributed by atoms with Crippen LogP contribution in [0.2, 0.25) is 0 Å². The van der Waals surface area contributed by atoms with Crippen molar-refractivity contribution < 1.29 is 14.9 Å². The van der Waals surface area contributed by atoms with Crippen LogP contribution in [0.5, 0.6) is 5.75 Å². The smallest absolute Gasteiger partial charge is 0.119 e. The quantitative estimate of drug-likeness (QED) is 0.147. The number of nitrogens with zero attached hydrogens (tertiary/aromatic N) is 1. The van der Waals surface area contributed by atoms with E-state index in [0.29, 0.717) is 0 Å². The third-order valence-corrected chi connectivity index (χ3v) is 11.5. The molecule has 2 heterocycles. The molecule has 244 valence electrons. The van der Waals surface area contributed by atoms with Gasteiger partial charge in [0.1, 0.15) is 5.75 Å². The maximum atomic E-state index is 13.9. The van der Waals surface area contributed by atoms with Gasteiger partial charge in [0.25, 0.3) is 0 Å². The summed E-state index contributed by atoms with van der Waals surface area (Å²) in [6.07, 6.45) is 14.4. The van der Waals surface area contributed by atoms with Gasteiger partial charge >= 0.3 is 0 Å². The summed E-state index contributed by atoms with van der Waals surface area (Å²) in [5.74, 6) is -0.355. The number of hydrogen-bond acceptors (Lipinski definition) is 4. The van der Waals surface area contributed by atoms with E-state index >= 15 is 0 Å². The topological polar surface area (TPSA) is 60.3 Å². The molecule has 2 aliphatic rings. The van der Waals surface area contributed by atoms with Gasteiger partial charge in [0.15, 0.2) is 0 Å². The van der Waals surface area contributed by atoms with Crippen molar-refractivity contribution in [2.75, 3.05) is 7.11 Å². The Bertz CT molecular complexity index is 1780. The fourth-order valence-electron chi connectivity index (χ4n) is 7.19. The van der Waals surface area contributed by atoms with Crippen molar-refractivity contribution in [1.82, 2.24) is 4.57 Å². The van der Waals surface area contributed by atoms with Crippen LogP contribution in [0.3, 0.4) is 0 Å². The molecule has 0 bridgehead atoms. The zero-order valence-corrected chi connectivity index (χ0v) is 29.0. The number of methoxy groups -OCH3 is 1. The summed E-state index contributed by atoms with van der Waals surface area (Å²) in [4.78, 5) is 2.36. The first-order chi connectivity index (χ1) is 22.2. The van der Waals surface area contributed by atoms with Crippen LogP contribution >= 0.6 is 11.8 Å². The summed E-state index contributed by atoms with van der Waals surface area (Å²) in [5.41, 5.74) is 3.16. The highest BCUT2D eigenvalue weighted by molar-refractivity contribution is 8.03. The van der Waals surface area contributed by atoms with Crippen LogP contribution in [0.1, 0.15) is 84.6 Å². The third kappa shape index (κ3) is 6.56. The van der Waals surface area contributed by atoms with Crippen LogP contribution in [0.25, 0.3) is 33.3 Å². The molecule has 5 heteroatoms. The number of allylic oxidation sites excluding steroid dienone is 3. The lowest BCUT2D eigenvalue weighted by atomic mass is 9.67. The Morgan fingerprint density at radius 2 is 1.52 bits per heavy atom. The minimum absolute atomic E-state index is 0.0430. The second-order valence-corrected chi connectivity index (χ2v) is 15.4. The minimum Gasteiger partial charge on any atom is -0.851 e. The van der Waals surface area contributed by atoms with E-state index in [1.54, 1.807) is 18.9 Å². The van der Waals surface area contributed by atoms with Crippen molar-refractivity contribution in [3.05, 3.63) is 82.6 Å². The van der Waals surface area contributed by atoms with Crippen LogP contribution < -0.4 is 20.3 Å². The number of hydrogen-bond donors (Lipinski definition) is 0. The van der Waals surface area contributed by atoms with Gasteiger partial charge in [-0.05, 0) is 75.4 Å². The molecule has 6 rings (SSSR count). The fraction of sp³-hybridized carbons (Fsp3) is 0.463. The van der Waals surface area contributed by atoms with Crippen LogP contribution in [-0.4, -0.2) is 23.9 Å². The highest BCUT2D eigenvalue weighted by atomic mass is 32.2. The predicted molar refractivity (Wildman–Crippen MR) is 191 cm³/mol. The number of benzene rings is 3. The molecular formula is C41H49NO3S-2. The average Bonchev–Trinajstić information content (AvgIpc) is 3.36. The van der Waals surface area contributed by atoms with Crippen molar-refractivity contribution in [3.8, 4) is 5.75 Å². The van der Waals surface area contributed by atoms with Crippen LogP contribution in [-0.2, 0) is 6.54 Å². The maximum absolute atomic E-state index is 13.9. The highest BCUT2D eigenvalue weighted by Crippen LogP contribution is 2.49. The Balaban J connectivity index is 1.29. The molecule has 0 radical (unpaired) electrons. The van der Waals surface area contributed by atoms with E-state index in [2.05, 4.69) is 80.8 Å². The molecule has 2 unspecified atom stereocenters. The Kier molecular flexibility index (Phi) is 10.0. The first-order valence-corrected chi connectivity index (χ1v) is 18.2. The van der Waals surface area contributed by atoms with Crippen LogP contribution in [0, 0.1) is 17.3 Å². The Labute approximate surface area is 279 Å². The van der Waals surface area contributed by atoms with Gasteiger partial charge in [-0.3, -0.25) is 0 Å². The fourth-order valence-corrected chi connectivity index (χ4v) is 8.35. The summed E-state index contributed by atoms with van der Waals surface area (Å²) in [5, 5.41) is 32.4. The molecule has 1 aromatic heterocycles. The Morgan fingerprint density at radius 1 is 0.848 bits per heavy atom. The number of unbranched alkanes of at least 4 members (excludes halogenated alkanes) is 7. The standard InChI is InChI=1S/C41H49NO3S/c1-6-7-8-9-10-11-12-13-22-42-34-19-15-17-27-16-14-18-30(38(27)34)35(42)26-33-39(43)32(40(33)44)23-28-24-37(41(2,3)4)46-36-21-20-29(45-5)25-31(28)36/h14-21,23-26,32-33,39-40H,6-13,22H2,1-5H3/q-2/b28-23+,35-26-. The van der Waals surface area contributed by atoms with Gasteiger partial charge in [-0.1, -0.05) is 127 Å². The Hall–Kier alpha value is -2.99. The van der Waals surface area contributed by atoms with E-state index in [0.717, 1.165) is 45.5 Å². The lowest BCUT2D eigenvalue weighted by molar-refractivity contribution is -0.547. The van der Waals surface area contributed by atoms with Gasteiger partial charge in [0.2, 0.25) is 0 Å². The summed E-state index contributed by atoms with van der Waals surface area (Å²) in [6.45, 7) is 9.78. The lowest BCUT2D eigenvalue weighted by Crippen LogP contribution is -2.65. The minimum atomic E-state index is -0.981. The molecule has 1 aliphatic heterocycles. The SMILES string of the molecule is CCCCCCCCCCn1/c(=C\C2C([O-])C(/C=C3\C=C(C(C)(C)C)Sc4ccc(OC)cc43)C2[O-])c2cccc3cccc1c32. The van der Waals surface area contributed by atoms with Crippen molar-refractivity contribution in [1.29, 1.82) is 0 Å². The van der Waals surface area contributed by atoms with E-state index in [-0.39, 0.29) is 5.41 Å². The molecule has 0 saturated heterocycles. The normalized spacial score (nSPS) is 22.8. The van der Waals surface area contributed by atoms with E-state index in [4.69, 9.17) is 4.74 Å². The van der Waals surface area contributed by atoms with Crippen molar-refractivity contribution >= 4 is 45.1 Å². The summed E-state index contributed by atoms with van der Waals surface area (Å²) < 4.78 is 7.92. The van der Waals surface area contributed by atoms with Crippen molar-refractivity contribution in [3.63, 3.8) is 0 Å². The summed E-state index contributed by atoms with van der Waals surface area (Å²) in [7, 11) is 1.67. The van der Waals surface area contributed by atoms with E-state index in [1.165, 1.54) is 66.1 Å². The molecule has 2 atom stereocenters. The number of aromatic nitrogens is 1. The molecule has 4 nitrogen and oxygen atoms in total. The monoisotopic (exact) mass is 635 g/mol. The number of rotatable bonds is 12. The van der Waals surface area contributed by atoms with Gasteiger partial charge in [-0.2, -0.15) is 0 Å². The number of thioether (sulfide) groups is 1. The molecule has 0 N–H and O–H groups in total. The van der Waals surface area contributed by atoms with Crippen LogP contribution in [0.15, 0.2) is 76.5 Å². The van der Waals surface area contributed by atoms with E-state index < -0.39 is 24.0 Å². The molecular weight excluding hydrogens is 587 g/mol. The van der Waals surface area contributed by atoms with E-state index in [1.807, 2.05) is 24.3 Å². The van der Waals surface area contributed by atoms with Gasteiger partial charge in [-0.15, -0.1) is 12.2 Å². The van der Waals surface area contributed by atoms with Crippen molar-refractivity contribution in [2.24, 2.45) is 17.3 Å². The highest BCUT2D eigenvalue weighted by Gasteiger charge is 2.35. The second kappa shape index (κ2) is 14.0. The Morgan fingerprint density at radius 3 is 2.22 bits per heavy atom. The van der Waals surface area contributed by atoms with Gasteiger partial charge in [0, 0.05) is 33.1 Å². The van der Waals surface area contributed by atoms with Gasteiger partial charge in [-0.25, -0.2) is 0 Å². The molecule has 1 fully saturated rings. The predicted octanol–water partition coefficient (Wildman–Crippen LogP) is 8.27. The average molecular weight is 636 g/mol. The zero-order valence-electron chi connectivity index (χ0n) is 28.2. The van der Waals surface area contributed by atoms with E-state index in [9.17, 15) is 10.2 Å². The van der Waals surface area contributed by atoms with Crippen LogP contribution in [0.4, 0.5) is 0 Å². The molecule has 4 aromatic rings. The summed E-state index contributed by atoms with van der Waals surface area (Å²) in [6, 6.07) is 19.0. The summed E-state index contributed by atoms with van der Waals surface area (Å²) >= 11 is 1.76. The first kappa shape index (κ1) is 32.9. The molecule has 1 aliphatic carbocycles. The molecule has 3 aromatic carbocycles. The molecule has 0 amide bonds. The first-order valence-electron chi connectivity index (χ1n) is 17.3. The maximum Gasteiger partial charge on any atom is 0.119 e. The van der Waals surface area contributed by atoms with Gasteiger partial charge in [0.05, 0.1) is 7.11 Å².